The van der Waals surface area contributed by atoms with E-state index < -0.39 is 6.29 Å². The summed E-state index contributed by atoms with van der Waals surface area (Å²) in [6.07, 6.45) is 13.1. The van der Waals surface area contributed by atoms with Gasteiger partial charge in [0, 0.05) is 10.8 Å². The highest BCUT2D eigenvalue weighted by atomic mass is 16.5. The molecule has 4 aliphatic carbocycles. The van der Waals surface area contributed by atoms with Gasteiger partial charge >= 0.3 is 0 Å². The first-order chi connectivity index (χ1) is 10.1. The van der Waals surface area contributed by atoms with Gasteiger partial charge in [-0.1, -0.05) is 36.1 Å². The van der Waals surface area contributed by atoms with E-state index in [4.69, 9.17) is 0 Å². The maximum atomic E-state index is 10.0. The molecule has 2 heteroatoms. The molecule has 2 N–H and O–H groups in total. The first-order valence-corrected chi connectivity index (χ1v) is 8.86. The molecule has 0 unspecified atom stereocenters. The molecular formula is C19H28O2. The summed E-state index contributed by atoms with van der Waals surface area (Å²) in [5.41, 5.74) is 5.10. The molecule has 0 spiro atoms. The molecule has 1 fully saturated rings. The Morgan fingerprint density at radius 3 is 2.76 bits per heavy atom. The molecule has 0 radical (unpaired) electrons. The minimum absolute atomic E-state index is 0.217. The Hall–Kier alpha value is -0.600. The van der Waals surface area contributed by atoms with Gasteiger partial charge in [-0.05, 0) is 63.7 Å². The van der Waals surface area contributed by atoms with Gasteiger partial charge in [-0.2, -0.15) is 0 Å². The van der Waals surface area contributed by atoms with Gasteiger partial charge in [0.2, 0.25) is 0 Å². The molecule has 0 amide bonds. The third-order valence-corrected chi connectivity index (χ3v) is 7.30. The van der Waals surface area contributed by atoms with Crippen LogP contribution in [0.3, 0.4) is 0 Å². The number of aliphatic hydroxyl groups excluding tert-OH is 1. The lowest BCUT2D eigenvalue weighted by Gasteiger charge is -2.51. The molecule has 0 heterocycles. The number of aliphatic hydroxyl groups is 2. The summed E-state index contributed by atoms with van der Waals surface area (Å²) in [6, 6.07) is 0. The summed E-state index contributed by atoms with van der Waals surface area (Å²) in [7, 11) is 0. The van der Waals surface area contributed by atoms with Crippen LogP contribution in [0.2, 0.25) is 0 Å². The van der Waals surface area contributed by atoms with Crippen molar-refractivity contribution in [1.82, 2.24) is 0 Å². The van der Waals surface area contributed by atoms with E-state index in [1.165, 1.54) is 44.9 Å². The summed E-state index contributed by atoms with van der Waals surface area (Å²) >= 11 is 0. The van der Waals surface area contributed by atoms with E-state index in [1.54, 1.807) is 16.7 Å². The fraction of sp³-hybridized carbons (Fsp3) is 0.789. The summed E-state index contributed by atoms with van der Waals surface area (Å²) in [5.74, 6) is 0.446. The maximum Gasteiger partial charge on any atom is 0.157 e. The average Bonchev–Trinajstić information content (AvgIpc) is 2.92. The zero-order chi connectivity index (χ0) is 14.7. The highest BCUT2D eigenvalue weighted by Gasteiger charge is 2.54. The number of hydrogen-bond donors (Lipinski definition) is 2. The van der Waals surface area contributed by atoms with Crippen LogP contribution in [-0.4, -0.2) is 16.5 Å². The molecular weight excluding hydrogens is 260 g/mol. The van der Waals surface area contributed by atoms with E-state index in [1.807, 2.05) is 0 Å². The molecule has 0 aromatic heterocycles. The fourth-order valence-corrected chi connectivity index (χ4v) is 6.15. The van der Waals surface area contributed by atoms with Crippen LogP contribution in [0.4, 0.5) is 0 Å². The lowest BCUT2D eigenvalue weighted by molar-refractivity contribution is -0.152. The Morgan fingerprint density at radius 1 is 1.10 bits per heavy atom. The summed E-state index contributed by atoms with van der Waals surface area (Å²) in [4.78, 5) is 0. The minimum Gasteiger partial charge on any atom is -0.368 e. The molecule has 0 aromatic carbocycles. The van der Waals surface area contributed by atoms with E-state index in [2.05, 4.69) is 13.0 Å². The smallest absolute Gasteiger partial charge is 0.157 e. The molecule has 0 bridgehead atoms. The van der Waals surface area contributed by atoms with Gasteiger partial charge in [-0.15, -0.1) is 0 Å². The molecule has 4 aliphatic rings. The van der Waals surface area contributed by atoms with E-state index in [0.717, 1.165) is 19.3 Å². The lowest BCUT2D eigenvalue weighted by atomic mass is 9.54. The van der Waals surface area contributed by atoms with Gasteiger partial charge in [0.15, 0.2) is 6.29 Å². The third kappa shape index (κ3) is 1.78. The van der Waals surface area contributed by atoms with Crippen molar-refractivity contribution in [3.8, 4) is 0 Å². The third-order valence-electron chi connectivity index (χ3n) is 7.30. The van der Waals surface area contributed by atoms with Crippen LogP contribution in [0.5, 0.6) is 0 Å². The molecule has 0 aromatic rings. The average molecular weight is 288 g/mol. The van der Waals surface area contributed by atoms with E-state index >= 15 is 0 Å². The monoisotopic (exact) mass is 288 g/mol. The second-order valence-electron chi connectivity index (χ2n) is 8.01. The fourth-order valence-electron chi connectivity index (χ4n) is 6.15. The highest BCUT2D eigenvalue weighted by Crippen LogP contribution is 2.63. The Kier molecular flexibility index (Phi) is 3.14. The van der Waals surface area contributed by atoms with Crippen molar-refractivity contribution in [2.45, 2.75) is 77.4 Å². The van der Waals surface area contributed by atoms with Crippen LogP contribution in [0.1, 0.15) is 71.1 Å². The van der Waals surface area contributed by atoms with E-state index in [-0.39, 0.29) is 5.41 Å². The van der Waals surface area contributed by atoms with Crippen LogP contribution in [0.15, 0.2) is 22.8 Å². The van der Waals surface area contributed by atoms with Crippen LogP contribution in [0.25, 0.3) is 0 Å². The summed E-state index contributed by atoms with van der Waals surface area (Å²) < 4.78 is 0. The Bertz CT molecular complexity index is 516. The molecule has 21 heavy (non-hydrogen) atoms. The van der Waals surface area contributed by atoms with Gasteiger partial charge in [0.25, 0.3) is 0 Å². The van der Waals surface area contributed by atoms with E-state index in [0.29, 0.717) is 11.3 Å². The lowest BCUT2D eigenvalue weighted by Crippen LogP contribution is -2.45. The summed E-state index contributed by atoms with van der Waals surface area (Å²) in [6.45, 7) is 2.46. The van der Waals surface area contributed by atoms with Crippen molar-refractivity contribution < 1.29 is 10.2 Å². The second-order valence-corrected chi connectivity index (χ2v) is 8.01. The standard InChI is InChI=1S/C19H28O2/c1-18-10-3-2-5-13(18)7-8-14-15(18)9-12-19(17(20)21)11-4-6-16(14)19/h5,16-17,20-21H,2-4,6-12H2,1H3/t16-,18-,19+/m0/s1. The number of allylic oxidation sites excluding steroid dienone is 4. The zero-order valence-electron chi connectivity index (χ0n) is 13.2. The van der Waals surface area contributed by atoms with E-state index in [9.17, 15) is 10.2 Å². The largest absolute Gasteiger partial charge is 0.368 e. The quantitative estimate of drug-likeness (QED) is 0.563. The van der Waals surface area contributed by atoms with Gasteiger partial charge in [-0.25, -0.2) is 0 Å². The Labute approximate surface area is 127 Å². The van der Waals surface area contributed by atoms with Crippen LogP contribution >= 0.6 is 0 Å². The van der Waals surface area contributed by atoms with Crippen molar-refractivity contribution in [3.05, 3.63) is 22.8 Å². The van der Waals surface area contributed by atoms with Crippen LogP contribution in [-0.2, 0) is 0 Å². The number of hydrogen-bond acceptors (Lipinski definition) is 2. The molecule has 0 saturated heterocycles. The maximum absolute atomic E-state index is 10.0. The van der Waals surface area contributed by atoms with Gasteiger partial charge in [0.05, 0.1) is 0 Å². The van der Waals surface area contributed by atoms with Crippen LogP contribution < -0.4 is 0 Å². The predicted molar refractivity (Wildman–Crippen MR) is 83.5 cm³/mol. The first-order valence-electron chi connectivity index (χ1n) is 8.86. The SMILES string of the molecule is C[C@]12CCCC=C1CCC1=C2CC[C@]2(C(O)O)CCC[C@@H]12. The predicted octanol–water partition coefficient (Wildman–Crippen LogP) is 4.08. The zero-order valence-corrected chi connectivity index (χ0v) is 13.2. The van der Waals surface area contributed by atoms with Gasteiger partial charge < -0.3 is 10.2 Å². The van der Waals surface area contributed by atoms with Gasteiger partial charge in [-0.3, -0.25) is 0 Å². The normalized spacial score (nSPS) is 42.5. The van der Waals surface area contributed by atoms with Crippen molar-refractivity contribution >= 4 is 0 Å². The van der Waals surface area contributed by atoms with Crippen molar-refractivity contribution in [2.75, 3.05) is 0 Å². The number of fused-ring (bicyclic) bond motifs is 4. The summed E-state index contributed by atoms with van der Waals surface area (Å²) in [5, 5.41) is 20.1. The molecule has 4 rings (SSSR count). The molecule has 1 saturated carbocycles. The van der Waals surface area contributed by atoms with Crippen molar-refractivity contribution in [3.63, 3.8) is 0 Å². The Morgan fingerprint density at radius 2 is 1.95 bits per heavy atom. The highest BCUT2D eigenvalue weighted by molar-refractivity contribution is 5.42. The molecule has 116 valence electrons. The van der Waals surface area contributed by atoms with Gasteiger partial charge in [0.1, 0.15) is 0 Å². The molecule has 2 nitrogen and oxygen atoms in total. The van der Waals surface area contributed by atoms with Crippen molar-refractivity contribution in [1.29, 1.82) is 0 Å². The molecule has 0 aliphatic heterocycles. The Balaban J connectivity index is 1.80. The van der Waals surface area contributed by atoms with Crippen molar-refractivity contribution in [2.24, 2.45) is 16.7 Å². The second kappa shape index (κ2) is 4.70. The van der Waals surface area contributed by atoms with Crippen LogP contribution in [0, 0.1) is 16.7 Å². The minimum atomic E-state index is -1.13. The number of rotatable bonds is 1. The molecule has 3 atom stereocenters. The topological polar surface area (TPSA) is 40.5 Å². The first kappa shape index (κ1) is 14.0.